The molecule has 0 spiro atoms. The molecule has 0 fully saturated rings. The predicted molar refractivity (Wildman–Crippen MR) is 178 cm³/mol. The van der Waals surface area contributed by atoms with E-state index in [0.717, 1.165) is 33.3 Å². The summed E-state index contributed by atoms with van der Waals surface area (Å²) in [5, 5.41) is 40.4. The molecule has 0 aliphatic heterocycles. The minimum atomic E-state index is -1.83. The van der Waals surface area contributed by atoms with E-state index in [2.05, 4.69) is 36.4 Å². The number of urea groups is 1. The molecule has 0 saturated carbocycles. The average molecular weight is 645 g/mol. The van der Waals surface area contributed by atoms with Gasteiger partial charge in [0.2, 0.25) is 0 Å². The van der Waals surface area contributed by atoms with Crippen molar-refractivity contribution >= 4 is 46.3 Å². The fraction of sp³-hybridized carbons (Fsp3) is 0.182. The zero-order valence-electron chi connectivity index (χ0n) is 26.1. The summed E-state index contributed by atoms with van der Waals surface area (Å²) in [6.07, 6.45) is -0.369. The second-order valence-electron chi connectivity index (χ2n) is 11.1. The van der Waals surface area contributed by atoms with Gasteiger partial charge in [0, 0.05) is 34.0 Å². The number of hydrogen-bond donors (Lipinski definition) is 7. The van der Waals surface area contributed by atoms with E-state index in [1.165, 1.54) is 0 Å². The minimum absolute atomic E-state index is 0.185. The molecule has 0 aliphatic carbocycles. The van der Waals surface area contributed by atoms with Crippen LogP contribution < -0.4 is 21.1 Å². The van der Waals surface area contributed by atoms with Crippen LogP contribution in [0, 0.1) is 6.92 Å². The summed E-state index contributed by atoms with van der Waals surface area (Å²) in [7, 11) is 0. The maximum atomic E-state index is 13.2. The van der Waals surface area contributed by atoms with E-state index in [1.807, 2.05) is 79.7 Å². The van der Waals surface area contributed by atoms with Crippen molar-refractivity contribution < 1.29 is 39.5 Å². The number of nitrogen functional groups attached to an aromatic ring is 1. The highest BCUT2D eigenvalue weighted by molar-refractivity contribution is 6.07. The minimum Gasteiger partial charge on any atom is -0.488 e. The van der Waals surface area contributed by atoms with Crippen LogP contribution in [0.5, 0.6) is 5.75 Å². The molecule has 14 nitrogen and oxygen atoms in total. The van der Waals surface area contributed by atoms with Gasteiger partial charge in [-0.2, -0.15) is 5.10 Å². The van der Waals surface area contributed by atoms with Gasteiger partial charge in [-0.25, -0.2) is 19.1 Å². The number of rotatable bonds is 6. The van der Waals surface area contributed by atoms with Crippen LogP contribution in [0.4, 0.5) is 31.6 Å². The number of fused-ring (bicyclic) bond motifs is 1. The number of amides is 2. The van der Waals surface area contributed by atoms with Crippen molar-refractivity contribution in [2.24, 2.45) is 0 Å². The number of aromatic nitrogens is 3. The number of pyridine rings is 1. The Hall–Kier alpha value is -6.31. The molecule has 0 atom stereocenters. The third kappa shape index (κ3) is 10.4. The molecular formula is C33H36N6O8. The van der Waals surface area contributed by atoms with E-state index in [1.54, 1.807) is 17.1 Å². The Morgan fingerprint density at radius 1 is 0.872 bits per heavy atom. The third-order valence-electron chi connectivity index (χ3n) is 6.46. The molecule has 8 N–H and O–H groups in total. The lowest BCUT2D eigenvalue weighted by molar-refractivity contribution is 0.135. The fourth-order valence-electron chi connectivity index (χ4n) is 4.22. The first kappa shape index (κ1) is 35.2. The first-order valence-electron chi connectivity index (χ1n) is 14.1. The molecule has 246 valence electrons. The highest BCUT2D eigenvalue weighted by Gasteiger charge is 2.22. The van der Waals surface area contributed by atoms with Crippen LogP contribution in [0.1, 0.15) is 37.6 Å². The summed E-state index contributed by atoms with van der Waals surface area (Å²) in [6.45, 7) is 8.63. The summed E-state index contributed by atoms with van der Waals surface area (Å²) < 4.78 is 7.87. The molecule has 0 radical (unpaired) electrons. The molecule has 47 heavy (non-hydrogen) atoms. The Labute approximate surface area is 270 Å². The molecule has 2 amide bonds. The monoisotopic (exact) mass is 644 g/mol. The van der Waals surface area contributed by atoms with E-state index in [9.17, 15) is 4.79 Å². The van der Waals surface area contributed by atoms with Gasteiger partial charge in [-0.1, -0.05) is 62.7 Å². The van der Waals surface area contributed by atoms with Crippen molar-refractivity contribution in [2.45, 2.75) is 39.7 Å². The van der Waals surface area contributed by atoms with E-state index in [4.69, 9.17) is 45.6 Å². The maximum Gasteiger partial charge on any atom is 0.503 e. The zero-order valence-corrected chi connectivity index (χ0v) is 26.1. The Morgan fingerprint density at radius 2 is 1.49 bits per heavy atom. The van der Waals surface area contributed by atoms with Crippen LogP contribution in [-0.2, 0) is 12.0 Å². The lowest BCUT2D eigenvalue weighted by Crippen LogP contribution is -2.21. The summed E-state index contributed by atoms with van der Waals surface area (Å²) in [6, 6.07) is 22.9. The molecular weight excluding hydrogens is 608 g/mol. The van der Waals surface area contributed by atoms with Gasteiger partial charge in [0.1, 0.15) is 18.2 Å². The Balaban J connectivity index is 0.000000676. The number of carboxylic acid groups (broad SMARTS) is 4. The highest BCUT2D eigenvalue weighted by Crippen LogP contribution is 2.33. The van der Waals surface area contributed by atoms with E-state index < -0.39 is 12.3 Å². The van der Waals surface area contributed by atoms with Gasteiger partial charge in [-0.05, 0) is 37.3 Å². The number of aryl methyl sites for hydroxylation is 1. The van der Waals surface area contributed by atoms with Crippen molar-refractivity contribution in [1.29, 1.82) is 0 Å². The number of nitrogens with zero attached hydrogens (tertiary/aromatic N) is 3. The molecule has 2 heterocycles. The molecule has 0 aliphatic rings. The maximum absolute atomic E-state index is 13.2. The summed E-state index contributed by atoms with van der Waals surface area (Å²) in [5.74, 6) is 1.28. The third-order valence-corrected chi connectivity index (χ3v) is 6.46. The van der Waals surface area contributed by atoms with E-state index >= 15 is 0 Å². The number of anilines is 3. The summed E-state index contributed by atoms with van der Waals surface area (Å²) in [4.78, 5) is 34.4. The largest absolute Gasteiger partial charge is 0.503 e. The van der Waals surface area contributed by atoms with Gasteiger partial charge in [0.25, 0.3) is 0 Å². The van der Waals surface area contributed by atoms with Crippen molar-refractivity contribution in [1.82, 2.24) is 14.8 Å². The van der Waals surface area contributed by atoms with Crippen molar-refractivity contribution in [3.05, 3.63) is 102 Å². The highest BCUT2D eigenvalue weighted by atomic mass is 16.6. The Kier molecular flexibility index (Phi) is 11.7. The molecule has 0 bridgehead atoms. The van der Waals surface area contributed by atoms with Crippen molar-refractivity contribution in [3.63, 3.8) is 0 Å². The van der Waals surface area contributed by atoms with Crippen molar-refractivity contribution in [2.75, 3.05) is 16.4 Å². The van der Waals surface area contributed by atoms with Crippen LogP contribution in [0.2, 0.25) is 0 Å². The van der Waals surface area contributed by atoms with Gasteiger partial charge in [0.05, 0.1) is 29.0 Å². The standard InChI is InChI=1S/C31H32N6O2.2CH2O3/c1-20-9-11-22(12-10-20)37-29(17-28(36-37)31(2,3)4)35-30(38)34-26-13-14-27(24-8-6-5-7-23(24)26)39-19-21-15-16-33-18-25(21)32;2*2-1(3)4/h5-18H,19,32H2,1-4H3,(H2,34,35,38);2*(H2,2,3,4). The molecule has 0 unspecified atom stereocenters. The molecule has 14 heteroatoms. The number of hydrogen-bond acceptors (Lipinski definition) is 7. The van der Waals surface area contributed by atoms with Gasteiger partial charge in [-0.3, -0.25) is 10.3 Å². The quantitative estimate of drug-likeness (QED) is 0.0972. The van der Waals surface area contributed by atoms with E-state index in [0.29, 0.717) is 29.5 Å². The lowest BCUT2D eigenvalue weighted by Gasteiger charge is -2.15. The van der Waals surface area contributed by atoms with Crippen LogP contribution in [0.15, 0.2) is 85.2 Å². The normalized spacial score (nSPS) is 10.5. The number of carbonyl (C=O) groups excluding carboxylic acids is 1. The molecule has 5 aromatic rings. The summed E-state index contributed by atoms with van der Waals surface area (Å²) >= 11 is 0. The van der Waals surface area contributed by atoms with Gasteiger partial charge < -0.3 is 36.2 Å². The SMILES string of the molecule is Cc1ccc(-n2nc(C(C)(C)C)cc2NC(=O)Nc2ccc(OCc3ccncc3N)c3ccccc23)cc1.O=C(O)O.O=C(O)O. The smallest absolute Gasteiger partial charge is 0.488 e. The van der Waals surface area contributed by atoms with Gasteiger partial charge in [-0.15, -0.1) is 0 Å². The van der Waals surface area contributed by atoms with Crippen LogP contribution in [-0.4, -0.2) is 53.5 Å². The predicted octanol–water partition coefficient (Wildman–Crippen LogP) is 7.28. The number of benzene rings is 3. The van der Waals surface area contributed by atoms with Gasteiger partial charge in [0.15, 0.2) is 0 Å². The van der Waals surface area contributed by atoms with Crippen LogP contribution in [0.25, 0.3) is 16.5 Å². The van der Waals surface area contributed by atoms with Crippen molar-refractivity contribution in [3.8, 4) is 11.4 Å². The second kappa shape index (κ2) is 15.6. The number of ether oxygens (including phenoxy) is 1. The Morgan fingerprint density at radius 3 is 2.09 bits per heavy atom. The Bertz CT molecular complexity index is 1830. The molecule has 0 saturated heterocycles. The first-order chi connectivity index (χ1) is 22.1. The van der Waals surface area contributed by atoms with E-state index in [-0.39, 0.29) is 11.4 Å². The zero-order chi connectivity index (χ0) is 34.7. The molecule has 5 rings (SSSR count). The first-order valence-corrected chi connectivity index (χ1v) is 14.1. The number of nitrogens with two attached hydrogens (primary N) is 1. The average Bonchev–Trinajstić information content (AvgIpc) is 3.41. The number of carbonyl (C=O) groups is 3. The number of nitrogens with one attached hydrogen (secondary N) is 2. The topological polar surface area (TPSA) is 222 Å². The van der Waals surface area contributed by atoms with Crippen LogP contribution >= 0.6 is 0 Å². The molecule has 3 aromatic carbocycles. The second-order valence-corrected chi connectivity index (χ2v) is 11.1. The fourth-order valence-corrected chi connectivity index (χ4v) is 4.22. The molecule has 2 aromatic heterocycles. The lowest BCUT2D eigenvalue weighted by atomic mass is 9.92. The van der Waals surface area contributed by atoms with Crippen LogP contribution in [0.3, 0.4) is 0 Å². The summed E-state index contributed by atoms with van der Waals surface area (Å²) in [5.41, 5.74) is 10.8. The van der Waals surface area contributed by atoms with Gasteiger partial charge >= 0.3 is 18.3 Å².